The first kappa shape index (κ1) is 15.8. The number of rotatable bonds is 4. The van der Waals surface area contributed by atoms with E-state index in [4.69, 9.17) is 16.3 Å². The van der Waals surface area contributed by atoms with Gasteiger partial charge in [-0.1, -0.05) is 11.6 Å². The van der Waals surface area contributed by atoms with Crippen LogP contribution in [0.1, 0.15) is 18.2 Å². The molecule has 2 heterocycles. The zero-order chi connectivity index (χ0) is 16.4. The van der Waals surface area contributed by atoms with Crippen LogP contribution in [0.2, 0.25) is 5.02 Å². The lowest BCUT2D eigenvalue weighted by Gasteiger charge is -2.17. The number of hydrogen-bond acceptors (Lipinski definition) is 4. The van der Waals surface area contributed by atoms with Gasteiger partial charge in [0, 0.05) is 37.1 Å². The van der Waals surface area contributed by atoms with Crippen LogP contribution in [0.5, 0.6) is 5.75 Å². The molecule has 6 nitrogen and oxygen atoms in total. The summed E-state index contributed by atoms with van der Waals surface area (Å²) in [6, 6.07) is 6.93. The van der Waals surface area contributed by atoms with Gasteiger partial charge < -0.3 is 15.4 Å². The van der Waals surface area contributed by atoms with Crippen LogP contribution in [0, 0.1) is 0 Å². The third-order valence-corrected chi connectivity index (χ3v) is 4.06. The van der Waals surface area contributed by atoms with E-state index in [0.29, 0.717) is 17.3 Å². The number of amides is 1. The number of halogens is 1. The molecule has 0 aliphatic carbocycles. The highest BCUT2D eigenvalue weighted by molar-refractivity contribution is 6.30. The van der Waals surface area contributed by atoms with Crippen molar-refractivity contribution in [3.8, 4) is 5.75 Å². The van der Waals surface area contributed by atoms with Crippen LogP contribution in [-0.4, -0.2) is 28.3 Å². The predicted octanol–water partition coefficient (Wildman–Crippen LogP) is 2.13. The van der Waals surface area contributed by atoms with E-state index in [1.807, 2.05) is 7.05 Å². The van der Waals surface area contributed by atoms with E-state index in [1.165, 1.54) is 0 Å². The molecule has 1 amide bonds. The van der Waals surface area contributed by atoms with Gasteiger partial charge in [0.05, 0.1) is 5.69 Å². The Morgan fingerprint density at radius 2 is 2.17 bits per heavy atom. The van der Waals surface area contributed by atoms with Crippen molar-refractivity contribution in [3.63, 3.8) is 0 Å². The Bertz CT molecular complexity index is 712. The molecule has 0 spiro atoms. The quantitative estimate of drug-likeness (QED) is 0.898. The van der Waals surface area contributed by atoms with Crippen LogP contribution in [0.25, 0.3) is 0 Å². The molecule has 0 fully saturated rings. The smallest absolute Gasteiger partial charge is 0.266 e. The highest BCUT2D eigenvalue weighted by atomic mass is 35.5. The number of carbonyl (C=O) groups is 1. The number of anilines is 1. The highest BCUT2D eigenvalue weighted by Gasteiger charge is 2.23. The summed E-state index contributed by atoms with van der Waals surface area (Å²) >= 11 is 5.84. The molecule has 1 aliphatic heterocycles. The van der Waals surface area contributed by atoms with Gasteiger partial charge in [-0.25, -0.2) is 0 Å². The fourth-order valence-electron chi connectivity index (χ4n) is 2.58. The molecule has 0 bridgehead atoms. The molecule has 1 aliphatic rings. The maximum absolute atomic E-state index is 12.4. The second kappa shape index (κ2) is 6.60. The standard InChI is InChI=1S/C16H19ClN4O2/c1-10(23-12-5-3-11(17)4-6-12)16(22)19-15-13-9-18-8-7-14(13)20-21(15)2/h3-6,10,18H,7-9H2,1-2H3,(H,19,22). The van der Waals surface area contributed by atoms with Crippen molar-refractivity contribution in [2.75, 3.05) is 11.9 Å². The molecule has 1 aromatic carbocycles. The largest absolute Gasteiger partial charge is 0.481 e. The lowest BCUT2D eigenvalue weighted by Crippen LogP contribution is -2.32. The van der Waals surface area contributed by atoms with Crippen LogP contribution in [0.15, 0.2) is 24.3 Å². The Balaban J connectivity index is 1.69. The lowest BCUT2D eigenvalue weighted by molar-refractivity contribution is -0.122. The minimum Gasteiger partial charge on any atom is -0.481 e. The first-order valence-electron chi connectivity index (χ1n) is 7.53. The van der Waals surface area contributed by atoms with E-state index in [9.17, 15) is 4.79 Å². The van der Waals surface area contributed by atoms with E-state index >= 15 is 0 Å². The average molecular weight is 335 g/mol. The number of fused-ring (bicyclic) bond motifs is 1. The minimum atomic E-state index is -0.627. The monoisotopic (exact) mass is 334 g/mol. The van der Waals surface area contributed by atoms with Crippen molar-refractivity contribution in [2.24, 2.45) is 7.05 Å². The second-order valence-corrected chi connectivity index (χ2v) is 5.96. The van der Waals surface area contributed by atoms with Gasteiger partial charge in [-0.3, -0.25) is 9.48 Å². The molecular weight excluding hydrogens is 316 g/mol. The number of aromatic nitrogens is 2. The van der Waals surface area contributed by atoms with Crippen LogP contribution < -0.4 is 15.4 Å². The lowest BCUT2D eigenvalue weighted by atomic mass is 10.1. The number of benzene rings is 1. The average Bonchev–Trinajstić information content (AvgIpc) is 2.85. The number of ether oxygens (including phenoxy) is 1. The third-order valence-electron chi connectivity index (χ3n) is 3.81. The van der Waals surface area contributed by atoms with Crippen molar-refractivity contribution in [1.82, 2.24) is 15.1 Å². The Morgan fingerprint density at radius 1 is 1.43 bits per heavy atom. The SMILES string of the molecule is CC(Oc1ccc(Cl)cc1)C(=O)Nc1c2c(nn1C)CCNC2. The van der Waals surface area contributed by atoms with Gasteiger partial charge in [0.15, 0.2) is 6.10 Å². The van der Waals surface area contributed by atoms with E-state index in [-0.39, 0.29) is 5.91 Å². The molecule has 1 aromatic heterocycles. The fraction of sp³-hybridized carbons (Fsp3) is 0.375. The maximum Gasteiger partial charge on any atom is 0.266 e. The van der Waals surface area contributed by atoms with Gasteiger partial charge in [-0.05, 0) is 31.2 Å². The number of aryl methyl sites for hydroxylation is 1. The van der Waals surface area contributed by atoms with E-state index in [1.54, 1.807) is 35.9 Å². The van der Waals surface area contributed by atoms with Crippen molar-refractivity contribution in [3.05, 3.63) is 40.5 Å². The van der Waals surface area contributed by atoms with Crippen LogP contribution in [-0.2, 0) is 24.8 Å². The first-order chi connectivity index (χ1) is 11.0. The van der Waals surface area contributed by atoms with Crippen LogP contribution in [0.4, 0.5) is 5.82 Å². The van der Waals surface area contributed by atoms with Crippen LogP contribution in [0.3, 0.4) is 0 Å². The molecule has 0 radical (unpaired) electrons. The zero-order valence-corrected chi connectivity index (χ0v) is 13.9. The zero-order valence-electron chi connectivity index (χ0n) is 13.1. The van der Waals surface area contributed by atoms with Gasteiger partial charge in [-0.2, -0.15) is 5.10 Å². The van der Waals surface area contributed by atoms with E-state index in [2.05, 4.69) is 15.7 Å². The van der Waals surface area contributed by atoms with Gasteiger partial charge >= 0.3 is 0 Å². The number of nitrogens with one attached hydrogen (secondary N) is 2. The van der Waals surface area contributed by atoms with Crippen molar-refractivity contribution >= 4 is 23.3 Å². The Kier molecular flexibility index (Phi) is 4.54. The van der Waals surface area contributed by atoms with E-state index in [0.717, 1.165) is 30.0 Å². The van der Waals surface area contributed by atoms with Gasteiger partial charge in [0.1, 0.15) is 11.6 Å². The van der Waals surface area contributed by atoms with Gasteiger partial charge in [-0.15, -0.1) is 0 Å². The Morgan fingerprint density at radius 3 is 2.91 bits per heavy atom. The van der Waals surface area contributed by atoms with Crippen molar-refractivity contribution in [2.45, 2.75) is 26.0 Å². The van der Waals surface area contributed by atoms with Gasteiger partial charge in [0.25, 0.3) is 5.91 Å². The summed E-state index contributed by atoms with van der Waals surface area (Å²) in [5, 5.41) is 11.3. The summed E-state index contributed by atoms with van der Waals surface area (Å²) in [7, 11) is 1.83. The number of carbonyl (C=O) groups excluding carboxylic acids is 1. The summed E-state index contributed by atoms with van der Waals surface area (Å²) in [5.41, 5.74) is 2.08. The molecule has 3 rings (SSSR count). The molecule has 1 atom stereocenters. The summed E-state index contributed by atoms with van der Waals surface area (Å²) in [6.45, 7) is 3.34. The van der Waals surface area contributed by atoms with Gasteiger partial charge in [0.2, 0.25) is 0 Å². The molecule has 23 heavy (non-hydrogen) atoms. The number of hydrogen-bond donors (Lipinski definition) is 2. The first-order valence-corrected chi connectivity index (χ1v) is 7.91. The molecule has 122 valence electrons. The predicted molar refractivity (Wildman–Crippen MR) is 88.8 cm³/mol. The summed E-state index contributed by atoms with van der Waals surface area (Å²) in [6.07, 6.45) is 0.244. The van der Waals surface area contributed by atoms with Crippen LogP contribution >= 0.6 is 11.6 Å². The molecular formula is C16H19ClN4O2. The summed E-state index contributed by atoms with van der Waals surface area (Å²) in [4.78, 5) is 12.4. The molecule has 0 saturated carbocycles. The Hall–Kier alpha value is -2.05. The molecule has 2 N–H and O–H groups in total. The maximum atomic E-state index is 12.4. The summed E-state index contributed by atoms with van der Waals surface area (Å²) in [5.74, 6) is 1.12. The summed E-state index contributed by atoms with van der Waals surface area (Å²) < 4.78 is 7.36. The van der Waals surface area contributed by atoms with E-state index < -0.39 is 6.10 Å². The number of nitrogens with zero attached hydrogens (tertiary/aromatic N) is 2. The Labute approximate surface area is 139 Å². The molecule has 7 heteroatoms. The van der Waals surface area contributed by atoms with Crippen molar-refractivity contribution < 1.29 is 9.53 Å². The molecule has 0 saturated heterocycles. The highest BCUT2D eigenvalue weighted by Crippen LogP contribution is 2.23. The minimum absolute atomic E-state index is 0.212. The molecule has 2 aromatic rings. The topological polar surface area (TPSA) is 68.2 Å². The second-order valence-electron chi connectivity index (χ2n) is 5.53. The molecule has 1 unspecified atom stereocenters. The fourth-order valence-corrected chi connectivity index (χ4v) is 2.70. The normalized spacial score (nSPS) is 14.9. The van der Waals surface area contributed by atoms with Crippen molar-refractivity contribution in [1.29, 1.82) is 0 Å². The third kappa shape index (κ3) is 3.48.